The van der Waals surface area contributed by atoms with Crippen molar-refractivity contribution in [2.45, 2.75) is 50.6 Å². The fourth-order valence-electron chi connectivity index (χ4n) is 1.88. The lowest BCUT2D eigenvalue weighted by atomic mass is 9.95. The van der Waals surface area contributed by atoms with E-state index in [0.29, 0.717) is 0 Å². The van der Waals surface area contributed by atoms with E-state index in [4.69, 9.17) is 5.73 Å². The van der Waals surface area contributed by atoms with Crippen molar-refractivity contribution in [3.63, 3.8) is 0 Å². The standard InChI is InChI=1S/C10H20N2/c1-10(7-11,6-8-2-3-8)12-9-4-5-9/h8-9,12H,2-7,11H2,1H3. The topological polar surface area (TPSA) is 38.0 Å². The molecule has 70 valence electrons. The van der Waals surface area contributed by atoms with Crippen molar-refractivity contribution in [2.75, 3.05) is 6.54 Å². The lowest BCUT2D eigenvalue weighted by molar-refractivity contribution is 0.320. The van der Waals surface area contributed by atoms with Gasteiger partial charge in [0, 0.05) is 18.1 Å². The summed E-state index contributed by atoms with van der Waals surface area (Å²) in [6.45, 7) is 3.07. The summed E-state index contributed by atoms with van der Waals surface area (Å²) in [7, 11) is 0. The molecule has 12 heavy (non-hydrogen) atoms. The van der Waals surface area contributed by atoms with Crippen LogP contribution >= 0.6 is 0 Å². The average Bonchev–Trinajstić information content (AvgIpc) is 2.85. The van der Waals surface area contributed by atoms with Gasteiger partial charge in [0.2, 0.25) is 0 Å². The quantitative estimate of drug-likeness (QED) is 0.648. The van der Waals surface area contributed by atoms with E-state index in [-0.39, 0.29) is 5.54 Å². The molecule has 0 heterocycles. The molecule has 2 fully saturated rings. The Bertz CT molecular complexity index is 145. The minimum absolute atomic E-state index is 0.238. The molecular formula is C10H20N2. The van der Waals surface area contributed by atoms with Gasteiger partial charge >= 0.3 is 0 Å². The van der Waals surface area contributed by atoms with Crippen molar-refractivity contribution >= 4 is 0 Å². The van der Waals surface area contributed by atoms with Gasteiger partial charge < -0.3 is 11.1 Å². The first-order valence-corrected chi connectivity index (χ1v) is 5.20. The highest BCUT2D eigenvalue weighted by Crippen LogP contribution is 2.37. The molecule has 1 atom stereocenters. The molecule has 0 saturated heterocycles. The van der Waals surface area contributed by atoms with E-state index < -0.39 is 0 Å². The number of nitrogens with one attached hydrogen (secondary N) is 1. The Kier molecular flexibility index (Phi) is 2.13. The van der Waals surface area contributed by atoms with Gasteiger partial charge in [-0.2, -0.15) is 0 Å². The van der Waals surface area contributed by atoms with E-state index in [1.54, 1.807) is 0 Å². The highest BCUT2D eigenvalue weighted by atomic mass is 15.0. The number of hydrogen-bond acceptors (Lipinski definition) is 2. The fraction of sp³-hybridized carbons (Fsp3) is 1.00. The molecule has 0 aromatic heterocycles. The maximum atomic E-state index is 5.80. The molecule has 2 rings (SSSR count). The van der Waals surface area contributed by atoms with Crippen LogP contribution in [0.25, 0.3) is 0 Å². The Morgan fingerprint density at radius 2 is 2.00 bits per heavy atom. The van der Waals surface area contributed by atoms with Gasteiger partial charge in [-0.3, -0.25) is 0 Å². The molecule has 2 aliphatic rings. The zero-order chi connectivity index (χ0) is 8.60. The summed E-state index contributed by atoms with van der Waals surface area (Å²) < 4.78 is 0. The van der Waals surface area contributed by atoms with E-state index in [2.05, 4.69) is 12.2 Å². The molecular weight excluding hydrogens is 148 g/mol. The van der Waals surface area contributed by atoms with Gasteiger partial charge in [0.1, 0.15) is 0 Å². The molecule has 3 N–H and O–H groups in total. The monoisotopic (exact) mass is 168 g/mol. The Morgan fingerprint density at radius 3 is 2.42 bits per heavy atom. The largest absolute Gasteiger partial charge is 0.329 e. The summed E-state index contributed by atoms with van der Waals surface area (Å²) in [4.78, 5) is 0. The first-order chi connectivity index (χ1) is 5.72. The smallest absolute Gasteiger partial charge is 0.0280 e. The summed E-state index contributed by atoms with van der Waals surface area (Å²) in [6.07, 6.45) is 6.88. The van der Waals surface area contributed by atoms with E-state index in [1.165, 1.54) is 32.1 Å². The summed E-state index contributed by atoms with van der Waals surface area (Å²) in [5.74, 6) is 0.977. The van der Waals surface area contributed by atoms with Crippen LogP contribution in [0.2, 0.25) is 0 Å². The molecule has 0 radical (unpaired) electrons. The minimum atomic E-state index is 0.238. The van der Waals surface area contributed by atoms with Crippen molar-refractivity contribution < 1.29 is 0 Å². The summed E-state index contributed by atoms with van der Waals surface area (Å²) in [5, 5.41) is 3.66. The van der Waals surface area contributed by atoms with Crippen LogP contribution in [0.5, 0.6) is 0 Å². The maximum absolute atomic E-state index is 5.80. The van der Waals surface area contributed by atoms with Crippen molar-refractivity contribution in [3.05, 3.63) is 0 Å². The summed E-state index contributed by atoms with van der Waals surface area (Å²) in [6, 6.07) is 0.789. The average molecular weight is 168 g/mol. The summed E-state index contributed by atoms with van der Waals surface area (Å²) >= 11 is 0. The molecule has 0 amide bonds. The van der Waals surface area contributed by atoms with Crippen molar-refractivity contribution in [1.29, 1.82) is 0 Å². The molecule has 0 bridgehead atoms. The lowest BCUT2D eigenvalue weighted by Crippen LogP contribution is -2.50. The van der Waals surface area contributed by atoms with Crippen LogP contribution in [-0.4, -0.2) is 18.1 Å². The predicted octanol–water partition coefficient (Wildman–Crippen LogP) is 1.26. The number of rotatable bonds is 5. The van der Waals surface area contributed by atoms with Gasteiger partial charge in [-0.05, 0) is 32.1 Å². The van der Waals surface area contributed by atoms with Crippen LogP contribution in [0.4, 0.5) is 0 Å². The van der Waals surface area contributed by atoms with E-state index >= 15 is 0 Å². The Balaban J connectivity index is 1.81. The van der Waals surface area contributed by atoms with Crippen molar-refractivity contribution in [3.8, 4) is 0 Å². The molecule has 2 heteroatoms. The summed E-state index contributed by atoms with van der Waals surface area (Å²) in [5.41, 5.74) is 6.04. The van der Waals surface area contributed by atoms with Gasteiger partial charge in [-0.15, -0.1) is 0 Å². The van der Waals surface area contributed by atoms with E-state index in [1.807, 2.05) is 0 Å². The lowest BCUT2D eigenvalue weighted by Gasteiger charge is -2.29. The zero-order valence-electron chi connectivity index (χ0n) is 7.97. The molecule has 0 aromatic carbocycles. The molecule has 2 saturated carbocycles. The van der Waals surface area contributed by atoms with Crippen LogP contribution in [0.15, 0.2) is 0 Å². The van der Waals surface area contributed by atoms with Gasteiger partial charge in [0.15, 0.2) is 0 Å². The third-order valence-corrected chi connectivity index (χ3v) is 3.02. The third kappa shape index (κ3) is 2.20. The fourth-order valence-corrected chi connectivity index (χ4v) is 1.88. The second kappa shape index (κ2) is 3.00. The van der Waals surface area contributed by atoms with Gasteiger partial charge in [0.25, 0.3) is 0 Å². The van der Waals surface area contributed by atoms with Crippen molar-refractivity contribution in [1.82, 2.24) is 5.32 Å². The van der Waals surface area contributed by atoms with E-state index in [0.717, 1.165) is 18.5 Å². The second-order valence-electron chi connectivity index (χ2n) is 4.83. The first kappa shape index (κ1) is 8.52. The van der Waals surface area contributed by atoms with Crippen LogP contribution in [0, 0.1) is 5.92 Å². The molecule has 0 aliphatic heterocycles. The SMILES string of the molecule is CC(CN)(CC1CC1)NC1CC1. The first-order valence-electron chi connectivity index (χ1n) is 5.20. The van der Waals surface area contributed by atoms with Crippen LogP contribution in [0.3, 0.4) is 0 Å². The minimum Gasteiger partial charge on any atom is -0.329 e. The molecule has 0 spiro atoms. The van der Waals surface area contributed by atoms with Gasteiger partial charge in [0.05, 0.1) is 0 Å². The van der Waals surface area contributed by atoms with Crippen LogP contribution < -0.4 is 11.1 Å². The van der Waals surface area contributed by atoms with Crippen LogP contribution in [0.1, 0.15) is 39.0 Å². The maximum Gasteiger partial charge on any atom is 0.0280 e. The third-order valence-electron chi connectivity index (χ3n) is 3.02. The molecule has 2 nitrogen and oxygen atoms in total. The number of hydrogen-bond donors (Lipinski definition) is 2. The molecule has 0 aromatic rings. The molecule has 1 unspecified atom stereocenters. The highest BCUT2D eigenvalue weighted by Gasteiger charge is 2.36. The normalized spacial score (nSPS) is 28.5. The van der Waals surface area contributed by atoms with Gasteiger partial charge in [-0.1, -0.05) is 12.8 Å². The zero-order valence-corrected chi connectivity index (χ0v) is 7.97. The van der Waals surface area contributed by atoms with Crippen molar-refractivity contribution in [2.24, 2.45) is 11.7 Å². The Morgan fingerprint density at radius 1 is 1.33 bits per heavy atom. The Labute approximate surface area is 74.9 Å². The highest BCUT2D eigenvalue weighted by molar-refractivity contribution is 4.96. The van der Waals surface area contributed by atoms with E-state index in [9.17, 15) is 0 Å². The predicted molar refractivity (Wildman–Crippen MR) is 51.0 cm³/mol. The van der Waals surface area contributed by atoms with Crippen LogP contribution in [-0.2, 0) is 0 Å². The number of nitrogens with two attached hydrogens (primary N) is 1. The molecule has 2 aliphatic carbocycles. The van der Waals surface area contributed by atoms with Gasteiger partial charge in [-0.25, -0.2) is 0 Å². The Hall–Kier alpha value is -0.0800. The second-order valence-corrected chi connectivity index (χ2v) is 4.83.